The second kappa shape index (κ2) is 5.79. The molecule has 0 bridgehead atoms. The largest absolute Gasteiger partial charge is 0.228 e. The third-order valence-corrected chi connectivity index (χ3v) is 5.68. The molecular formula is C16H16Cl2N2S. The number of rotatable bonds is 4. The molecule has 5 heteroatoms. The first-order chi connectivity index (χ1) is 9.95. The molecule has 1 aromatic heterocycles. The van der Waals surface area contributed by atoms with Crippen molar-refractivity contribution in [1.82, 2.24) is 9.97 Å². The Labute approximate surface area is 139 Å². The summed E-state index contributed by atoms with van der Waals surface area (Å²) in [5, 5.41) is 0.972. The fraction of sp³-hybridized carbons (Fsp3) is 0.375. The molecule has 21 heavy (non-hydrogen) atoms. The standard InChI is InChI=1S/C16H16Cl2N2S/c1-10-8-11(2)20-15(19-10)21-14(13-9-16(13,17)18)12-6-4-3-5-7-12/h3-8,13-14H,9H2,1-2H3. The van der Waals surface area contributed by atoms with E-state index in [0.717, 1.165) is 23.0 Å². The van der Waals surface area contributed by atoms with Gasteiger partial charge in [-0.1, -0.05) is 42.1 Å². The van der Waals surface area contributed by atoms with Crippen LogP contribution in [-0.4, -0.2) is 14.3 Å². The number of alkyl halides is 2. The molecule has 1 fully saturated rings. The maximum atomic E-state index is 6.29. The minimum absolute atomic E-state index is 0.183. The van der Waals surface area contributed by atoms with E-state index >= 15 is 0 Å². The van der Waals surface area contributed by atoms with Crippen LogP contribution < -0.4 is 0 Å². The topological polar surface area (TPSA) is 25.8 Å². The highest BCUT2D eigenvalue weighted by atomic mass is 35.5. The highest BCUT2D eigenvalue weighted by Gasteiger charge is 2.56. The molecule has 1 aliphatic carbocycles. The number of thioether (sulfide) groups is 1. The minimum atomic E-state index is -0.619. The van der Waals surface area contributed by atoms with Crippen molar-refractivity contribution in [2.24, 2.45) is 5.92 Å². The number of hydrogen-bond acceptors (Lipinski definition) is 3. The van der Waals surface area contributed by atoms with Crippen LogP contribution in [0.5, 0.6) is 0 Å². The number of hydrogen-bond donors (Lipinski definition) is 0. The lowest BCUT2D eigenvalue weighted by Gasteiger charge is -2.17. The van der Waals surface area contributed by atoms with E-state index in [0.29, 0.717) is 0 Å². The van der Waals surface area contributed by atoms with Crippen LogP contribution in [0, 0.1) is 19.8 Å². The van der Waals surface area contributed by atoms with Crippen LogP contribution in [0.2, 0.25) is 0 Å². The third kappa shape index (κ3) is 3.53. The molecule has 2 aromatic rings. The van der Waals surface area contributed by atoms with Gasteiger partial charge in [-0.3, -0.25) is 0 Å². The predicted molar refractivity (Wildman–Crippen MR) is 89.1 cm³/mol. The molecule has 0 aliphatic heterocycles. The minimum Gasteiger partial charge on any atom is -0.228 e. The van der Waals surface area contributed by atoms with Crippen molar-refractivity contribution in [2.45, 2.75) is 35.0 Å². The van der Waals surface area contributed by atoms with Gasteiger partial charge in [0.15, 0.2) is 5.16 Å². The molecule has 2 nitrogen and oxygen atoms in total. The molecule has 110 valence electrons. The fourth-order valence-electron chi connectivity index (χ4n) is 2.45. The van der Waals surface area contributed by atoms with Gasteiger partial charge in [0.1, 0.15) is 4.33 Å². The van der Waals surface area contributed by atoms with Crippen molar-refractivity contribution in [3.8, 4) is 0 Å². The molecule has 0 saturated heterocycles. The van der Waals surface area contributed by atoms with Crippen LogP contribution in [-0.2, 0) is 0 Å². The van der Waals surface area contributed by atoms with Gasteiger partial charge >= 0.3 is 0 Å². The molecule has 1 heterocycles. The summed E-state index contributed by atoms with van der Waals surface area (Å²) >= 11 is 14.2. The van der Waals surface area contributed by atoms with Crippen LogP contribution in [0.1, 0.15) is 28.6 Å². The molecule has 1 saturated carbocycles. The smallest absolute Gasteiger partial charge is 0.188 e. The lowest BCUT2D eigenvalue weighted by molar-refractivity contribution is 0.786. The van der Waals surface area contributed by atoms with Gasteiger partial charge in [0.05, 0.1) is 0 Å². The van der Waals surface area contributed by atoms with E-state index in [1.54, 1.807) is 11.8 Å². The van der Waals surface area contributed by atoms with Gasteiger partial charge in [0.25, 0.3) is 0 Å². The molecule has 0 amide bonds. The number of benzene rings is 1. The first-order valence-electron chi connectivity index (χ1n) is 6.87. The van der Waals surface area contributed by atoms with E-state index in [1.165, 1.54) is 5.56 Å². The monoisotopic (exact) mass is 338 g/mol. The summed E-state index contributed by atoms with van der Waals surface area (Å²) in [7, 11) is 0. The van der Waals surface area contributed by atoms with Gasteiger partial charge in [0, 0.05) is 22.6 Å². The van der Waals surface area contributed by atoms with Crippen molar-refractivity contribution < 1.29 is 0 Å². The Morgan fingerprint density at radius 1 is 1.14 bits per heavy atom. The first-order valence-corrected chi connectivity index (χ1v) is 8.51. The molecule has 0 N–H and O–H groups in total. The van der Waals surface area contributed by atoms with Gasteiger partial charge < -0.3 is 0 Å². The Bertz CT molecular complexity index is 626. The van der Waals surface area contributed by atoms with Crippen molar-refractivity contribution in [2.75, 3.05) is 0 Å². The van der Waals surface area contributed by atoms with Gasteiger partial charge in [-0.15, -0.1) is 23.2 Å². The lowest BCUT2D eigenvalue weighted by Crippen LogP contribution is -2.04. The molecule has 0 spiro atoms. The van der Waals surface area contributed by atoms with Crippen molar-refractivity contribution in [3.05, 3.63) is 53.3 Å². The number of aryl methyl sites for hydroxylation is 2. The van der Waals surface area contributed by atoms with Crippen LogP contribution in [0.4, 0.5) is 0 Å². The normalized spacial score (nSPS) is 21.0. The van der Waals surface area contributed by atoms with E-state index in [9.17, 15) is 0 Å². The molecular weight excluding hydrogens is 323 g/mol. The Morgan fingerprint density at radius 2 is 1.71 bits per heavy atom. The first kappa shape index (κ1) is 15.1. The summed E-state index contributed by atoms with van der Waals surface area (Å²) in [6.45, 7) is 3.97. The van der Waals surface area contributed by atoms with Gasteiger partial charge in [-0.25, -0.2) is 9.97 Å². The number of aromatic nitrogens is 2. The third-order valence-electron chi connectivity index (χ3n) is 3.56. The van der Waals surface area contributed by atoms with Gasteiger partial charge in [-0.2, -0.15) is 0 Å². The van der Waals surface area contributed by atoms with Gasteiger partial charge in [-0.05, 0) is 31.9 Å². The van der Waals surface area contributed by atoms with Crippen LogP contribution in [0.15, 0.2) is 41.6 Å². The average Bonchev–Trinajstić information content (AvgIpc) is 3.04. The average molecular weight is 339 g/mol. The summed E-state index contributed by atoms with van der Waals surface area (Å²) in [6.07, 6.45) is 0.813. The quantitative estimate of drug-likeness (QED) is 0.439. The summed E-state index contributed by atoms with van der Waals surface area (Å²) in [5.41, 5.74) is 3.18. The van der Waals surface area contributed by atoms with E-state index < -0.39 is 4.33 Å². The summed E-state index contributed by atoms with van der Waals surface area (Å²) in [4.78, 5) is 9.05. The van der Waals surface area contributed by atoms with Crippen molar-refractivity contribution in [1.29, 1.82) is 0 Å². The Hall–Kier alpha value is -0.770. The SMILES string of the molecule is Cc1cc(C)nc(SC(c2ccccc2)C2CC2(Cl)Cl)n1. The molecule has 3 rings (SSSR count). The summed E-state index contributed by atoms with van der Waals surface area (Å²) in [5.74, 6) is 0.234. The van der Waals surface area contributed by atoms with Crippen molar-refractivity contribution >= 4 is 35.0 Å². The number of halogens is 2. The highest BCUT2D eigenvalue weighted by molar-refractivity contribution is 7.99. The zero-order valence-electron chi connectivity index (χ0n) is 11.9. The molecule has 2 atom stereocenters. The van der Waals surface area contributed by atoms with E-state index in [4.69, 9.17) is 23.2 Å². The molecule has 1 aliphatic rings. The van der Waals surface area contributed by atoms with Crippen LogP contribution in [0.3, 0.4) is 0 Å². The Balaban J connectivity index is 1.90. The van der Waals surface area contributed by atoms with E-state index in [1.807, 2.05) is 38.1 Å². The second-order valence-corrected chi connectivity index (χ2v) is 8.11. The number of nitrogens with zero attached hydrogens (tertiary/aromatic N) is 2. The molecule has 1 aromatic carbocycles. The summed E-state index contributed by atoms with van der Waals surface area (Å²) < 4.78 is -0.619. The van der Waals surface area contributed by atoms with E-state index in [-0.39, 0.29) is 11.2 Å². The van der Waals surface area contributed by atoms with Crippen LogP contribution in [0.25, 0.3) is 0 Å². The Kier molecular flexibility index (Phi) is 4.17. The zero-order chi connectivity index (χ0) is 15.0. The maximum Gasteiger partial charge on any atom is 0.188 e. The Morgan fingerprint density at radius 3 is 2.24 bits per heavy atom. The molecule has 2 unspecified atom stereocenters. The highest BCUT2D eigenvalue weighted by Crippen LogP contribution is 2.63. The fourth-order valence-corrected chi connectivity index (χ4v) is 4.59. The second-order valence-electron chi connectivity index (χ2n) is 5.45. The molecule has 0 radical (unpaired) electrons. The maximum absolute atomic E-state index is 6.29. The summed E-state index contributed by atoms with van der Waals surface area (Å²) in [6, 6.07) is 12.3. The lowest BCUT2D eigenvalue weighted by atomic mass is 10.1. The van der Waals surface area contributed by atoms with E-state index in [2.05, 4.69) is 22.1 Å². The zero-order valence-corrected chi connectivity index (χ0v) is 14.2. The predicted octanol–water partition coefficient (Wildman–Crippen LogP) is 5.12. The van der Waals surface area contributed by atoms with Crippen molar-refractivity contribution in [3.63, 3.8) is 0 Å². The van der Waals surface area contributed by atoms with Crippen LogP contribution >= 0.6 is 35.0 Å². The van der Waals surface area contributed by atoms with Gasteiger partial charge in [0.2, 0.25) is 0 Å².